The monoisotopic (exact) mass is 446 g/mol. The van der Waals surface area contributed by atoms with Gasteiger partial charge in [0.25, 0.3) is 0 Å². The first kappa shape index (κ1) is 26.1. The third kappa shape index (κ3) is 8.05. The molecule has 186 valence electrons. The molecule has 0 bridgehead atoms. The van der Waals surface area contributed by atoms with Gasteiger partial charge in [0, 0.05) is 0 Å². The van der Waals surface area contributed by atoms with Crippen molar-refractivity contribution in [2.24, 2.45) is 35.5 Å². The van der Waals surface area contributed by atoms with Crippen LogP contribution in [0, 0.1) is 35.5 Å². The molecule has 0 heterocycles. The van der Waals surface area contributed by atoms with Crippen molar-refractivity contribution in [1.82, 2.24) is 0 Å². The van der Waals surface area contributed by atoms with E-state index >= 15 is 0 Å². The van der Waals surface area contributed by atoms with E-state index in [4.69, 9.17) is 4.74 Å². The van der Waals surface area contributed by atoms with Gasteiger partial charge < -0.3 is 4.74 Å². The molecule has 0 saturated heterocycles. The lowest BCUT2D eigenvalue weighted by Crippen LogP contribution is -2.34. The normalized spacial score (nSPS) is 36.0. The highest BCUT2D eigenvalue weighted by atomic mass is 16.5. The molecule has 0 amide bonds. The van der Waals surface area contributed by atoms with Gasteiger partial charge in [-0.1, -0.05) is 78.6 Å². The van der Waals surface area contributed by atoms with Gasteiger partial charge in [0.15, 0.2) is 0 Å². The van der Waals surface area contributed by atoms with Gasteiger partial charge in [0.2, 0.25) is 0 Å². The van der Waals surface area contributed by atoms with Gasteiger partial charge in [0.05, 0.1) is 5.92 Å². The number of esters is 1. The van der Waals surface area contributed by atoms with Gasteiger partial charge in [-0.05, 0) is 93.8 Å². The second-order valence-corrected chi connectivity index (χ2v) is 12.0. The summed E-state index contributed by atoms with van der Waals surface area (Å²) >= 11 is 0. The number of carbonyl (C=O) groups is 1. The van der Waals surface area contributed by atoms with Gasteiger partial charge in [-0.25, -0.2) is 0 Å². The molecule has 0 aromatic rings. The smallest absolute Gasteiger partial charge is 0.309 e. The summed E-state index contributed by atoms with van der Waals surface area (Å²) in [6.07, 6.45) is 25.2. The van der Waals surface area contributed by atoms with Crippen LogP contribution in [-0.2, 0) is 9.53 Å². The summed E-state index contributed by atoms with van der Waals surface area (Å²) in [5.41, 5.74) is 0. The van der Waals surface area contributed by atoms with Crippen molar-refractivity contribution in [3.8, 4) is 0 Å². The van der Waals surface area contributed by atoms with E-state index in [2.05, 4.69) is 20.8 Å². The van der Waals surface area contributed by atoms with Crippen LogP contribution in [0.25, 0.3) is 0 Å². The minimum Gasteiger partial charge on any atom is -0.462 e. The van der Waals surface area contributed by atoms with Crippen molar-refractivity contribution in [3.05, 3.63) is 0 Å². The van der Waals surface area contributed by atoms with Crippen LogP contribution < -0.4 is 0 Å². The molecule has 0 N–H and O–H groups in total. The number of hydrogen-bond acceptors (Lipinski definition) is 2. The Labute approximate surface area is 200 Å². The fraction of sp³-hybridized carbons (Fsp3) is 0.967. The molecular formula is C30H54O2. The van der Waals surface area contributed by atoms with Crippen molar-refractivity contribution in [3.63, 3.8) is 0 Å². The zero-order chi connectivity index (χ0) is 22.8. The van der Waals surface area contributed by atoms with Gasteiger partial charge in [0.1, 0.15) is 6.10 Å². The summed E-state index contributed by atoms with van der Waals surface area (Å²) in [5, 5.41) is 0. The average Bonchev–Trinajstić information content (AvgIpc) is 2.81. The topological polar surface area (TPSA) is 26.3 Å². The van der Waals surface area contributed by atoms with E-state index in [-0.39, 0.29) is 18.0 Å². The van der Waals surface area contributed by atoms with E-state index in [0.717, 1.165) is 55.3 Å². The quantitative estimate of drug-likeness (QED) is 0.233. The first-order valence-electron chi connectivity index (χ1n) is 14.8. The lowest BCUT2D eigenvalue weighted by Gasteiger charge is -2.41. The second kappa shape index (κ2) is 14.0. The standard InChI is InChI=1S/C30H54O2/c1-4-6-7-8-9-11-25-14-21-29(23(3)22-25)26-15-17-27(18-16-26)30(31)32-28-19-12-24(10-5-2)13-20-28/h23-29H,4-22H2,1-3H3. The number of rotatable bonds is 11. The SMILES string of the molecule is CCCCCCCC1CCC(C2CCC(C(=O)OC3CCC(CCC)CC3)CC2)C(C)C1. The summed E-state index contributed by atoms with van der Waals surface area (Å²) in [4.78, 5) is 12.8. The molecule has 3 fully saturated rings. The lowest BCUT2D eigenvalue weighted by atomic mass is 9.64. The fourth-order valence-corrected chi connectivity index (χ4v) is 7.52. The molecule has 0 radical (unpaired) electrons. The van der Waals surface area contributed by atoms with E-state index in [1.54, 1.807) is 0 Å². The minimum absolute atomic E-state index is 0.141. The fourth-order valence-electron chi connectivity index (χ4n) is 7.52. The largest absolute Gasteiger partial charge is 0.462 e. The van der Waals surface area contributed by atoms with Crippen LogP contribution in [0.5, 0.6) is 0 Å². The molecule has 3 unspecified atom stereocenters. The number of unbranched alkanes of at least 4 members (excludes halogenated alkanes) is 4. The van der Waals surface area contributed by atoms with E-state index in [0.29, 0.717) is 0 Å². The highest BCUT2D eigenvalue weighted by Gasteiger charge is 2.37. The lowest BCUT2D eigenvalue weighted by molar-refractivity contribution is -0.157. The number of hydrogen-bond donors (Lipinski definition) is 0. The number of carbonyl (C=O) groups excluding carboxylic acids is 1. The van der Waals surface area contributed by atoms with Gasteiger partial charge in [-0.2, -0.15) is 0 Å². The molecule has 32 heavy (non-hydrogen) atoms. The summed E-state index contributed by atoms with van der Waals surface area (Å²) in [6, 6.07) is 0. The Bertz CT molecular complexity index is 513. The van der Waals surface area contributed by atoms with Crippen LogP contribution in [0.15, 0.2) is 0 Å². The predicted octanol–water partition coefficient (Wildman–Crippen LogP) is 9.11. The molecular weight excluding hydrogens is 392 g/mol. The first-order valence-corrected chi connectivity index (χ1v) is 14.8. The Morgan fingerprint density at radius 1 is 0.719 bits per heavy atom. The maximum Gasteiger partial charge on any atom is 0.309 e. The first-order chi connectivity index (χ1) is 15.6. The Balaban J connectivity index is 1.32. The molecule has 0 spiro atoms. The van der Waals surface area contributed by atoms with Crippen molar-refractivity contribution < 1.29 is 9.53 Å². The second-order valence-electron chi connectivity index (χ2n) is 12.0. The van der Waals surface area contributed by atoms with Crippen molar-refractivity contribution in [2.75, 3.05) is 0 Å². The molecule has 3 aliphatic rings. The Morgan fingerprint density at radius 3 is 2.06 bits per heavy atom. The predicted molar refractivity (Wildman–Crippen MR) is 136 cm³/mol. The van der Waals surface area contributed by atoms with Crippen LogP contribution in [0.1, 0.15) is 143 Å². The summed E-state index contributed by atoms with van der Waals surface area (Å²) < 4.78 is 6.00. The van der Waals surface area contributed by atoms with Gasteiger partial charge >= 0.3 is 5.97 Å². The van der Waals surface area contributed by atoms with Crippen LogP contribution in [0.2, 0.25) is 0 Å². The van der Waals surface area contributed by atoms with Gasteiger partial charge in [-0.3, -0.25) is 4.79 Å². The Hall–Kier alpha value is -0.530. The molecule has 3 atom stereocenters. The molecule has 2 nitrogen and oxygen atoms in total. The van der Waals surface area contributed by atoms with Crippen LogP contribution in [0.4, 0.5) is 0 Å². The zero-order valence-electron chi connectivity index (χ0n) is 21.8. The van der Waals surface area contributed by atoms with Crippen LogP contribution in [0.3, 0.4) is 0 Å². The molecule has 3 saturated carbocycles. The highest BCUT2D eigenvalue weighted by molar-refractivity contribution is 5.72. The van der Waals surface area contributed by atoms with Crippen molar-refractivity contribution >= 4 is 5.97 Å². The highest BCUT2D eigenvalue weighted by Crippen LogP contribution is 2.45. The molecule has 0 aromatic carbocycles. The third-order valence-electron chi connectivity index (χ3n) is 9.54. The summed E-state index contributed by atoms with van der Waals surface area (Å²) in [5.74, 6) is 4.86. The average molecular weight is 447 g/mol. The maximum atomic E-state index is 12.8. The minimum atomic E-state index is 0.141. The number of ether oxygens (including phenoxy) is 1. The summed E-state index contributed by atoms with van der Waals surface area (Å²) in [7, 11) is 0. The van der Waals surface area contributed by atoms with Gasteiger partial charge in [-0.15, -0.1) is 0 Å². The molecule has 0 aromatic heterocycles. The molecule has 3 aliphatic carbocycles. The molecule has 0 aliphatic heterocycles. The maximum absolute atomic E-state index is 12.8. The molecule has 3 rings (SSSR count). The van der Waals surface area contributed by atoms with Crippen molar-refractivity contribution in [1.29, 1.82) is 0 Å². The van der Waals surface area contributed by atoms with E-state index in [9.17, 15) is 4.79 Å². The van der Waals surface area contributed by atoms with E-state index < -0.39 is 0 Å². The summed E-state index contributed by atoms with van der Waals surface area (Å²) in [6.45, 7) is 7.12. The zero-order valence-corrected chi connectivity index (χ0v) is 21.8. The van der Waals surface area contributed by atoms with Crippen LogP contribution >= 0.6 is 0 Å². The van der Waals surface area contributed by atoms with E-state index in [1.165, 1.54) is 96.3 Å². The Morgan fingerprint density at radius 2 is 1.41 bits per heavy atom. The van der Waals surface area contributed by atoms with Crippen molar-refractivity contribution in [2.45, 2.75) is 149 Å². The Kier molecular flexibility index (Phi) is 11.4. The third-order valence-corrected chi connectivity index (χ3v) is 9.54. The van der Waals surface area contributed by atoms with E-state index in [1.807, 2.05) is 0 Å². The van der Waals surface area contributed by atoms with Crippen LogP contribution in [-0.4, -0.2) is 12.1 Å². The molecule has 2 heteroatoms.